The van der Waals surface area contributed by atoms with Gasteiger partial charge in [-0.2, -0.15) is 0 Å². The van der Waals surface area contributed by atoms with Crippen molar-refractivity contribution < 1.29 is 14.3 Å². The van der Waals surface area contributed by atoms with Gasteiger partial charge in [-0.05, 0) is 42.5 Å². The predicted molar refractivity (Wildman–Crippen MR) is 92.1 cm³/mol. The smallest absolute Gasteiger partial charge is 0.315 e. The second kappa shape index (κ2) is 9.67. The lowest BCUT2D eigenvalue weighted by Crippen LogP contribution is -2.39. The number of benzene rings is 2. The van der Waals surface area contributed by atoms with Gasteiger partial charge in [-0.3, -0.25) is 0 Å². The molecule has 0 fully saturated rings. The largest absolute Gasteiger partial charge is 0.396 e. The molecule has 5 heteroatoms. The number of hydrogen-bond donors (Lipinski definition) is 3. The molecule has 2 amide bonds. The van der Waals surface area contributed by atoms with Crippen molar-refractivity contribution in [3.63, 3.8) is 0 Å². The Bertz CT molecular complexity index is 634. The number of nitrogens with one attached hydrogen (secondary N) is 2. The van der Waals surface area contributed by atoms with Crippen LogP contribution in [0.2, 0.25) is 0 Å². The molecule has 0 aliphatic heterocycles. The Morgan fingerprint density at radius 1 is 1.12 bits per heavy atom. The highest BCUT2D eigenvalue weighted by molar-refractivity contribution is 5.74. The topological polar surface area (TPSA) is 61.4 Å². The monoisotopic (exact) mass is 330 g/mol. The van der Waals surface area contributed by atoms with E-state index in [4.69, 9.17) is 5.11 Å². The van der Waals surface area contributed by atoms with Crippen molar-refractivity contribution in [1.29, 1.82) is 0 Å². The molecule has 2 rings (SSSR count). The standard InChI is InChI=1S/C19H23FN2O2/c20-17-9-4-6-15(14-17)11-12-21-19(24)22-18(10-5-13-23)16-7-2-1-3-8-16/h1-4,6-9,14,18,23H,5,10-13H2,(H2,21,22,24). The zero-order valence-corrected chi connectivity index (χ0v) is 13.5. The van der Waals surface area contributed by atoms with E-state index in [-0.39, 0.29) is 24.5 Å². The SMILES string of the molecule is O=C(NCCc1cccc(F)c1)NC(CCCO)c1ccccc1. The van der Waals surface area contributed by atoms with Crippen LogP contribution in [0.15, 0.2) is 54.6 Å². The third kappa shape index (κ3) is 6.01. The molecule has 0 aliphatic rings. The first-order valence-corrected chi connectivity index (χ1v) is 8.13. The summed E-state index contributed by atoms with van der Waals surface area (Å²) >= 11 is 0. The number of aliphatic hydroxyl groups excluding tert-OH is 1. The highest BCUT2D eigenvalue weighted by atomic mass is 19.1. The summed E-state index contributed by atoms with van der Waals surface area (Å²) in [5.41, 5.74) is 1.85. The summed E-state index contributed by atoms with van der Waals surface area (Å²) in [6.45, 7) is 0.517. The molecule has 1 unspecified atom stereocenters. The van der Waals surface area contributed by atoms with Gasteiger partial charge in [0.2, 0.25) is 0 Å². The van der Waals surface area contributed by atoms with Gasteiger partial charge in [0.1, 0.15) is 5.82 Å². The first kappa shape index (κ1) is 17.9. The second-order valence-corrected chi connectivity index (χ2v) is 5.61. The maximum absolute atomic E-state index is 13.1. The Kier molecular flexibility index (Phi) is 7.23. The fraction of sp³-hybridized carbons (Fsp3) is 0.316. The van der Waals surface area contributed by atoms with Crippen molar-refractivity contribution in [2.75, 3.05) is 13.2 Å². The summed E-state index contributed by atoms with van der Waals surface area (Å²) in [5.74, 6) is -0.273. The van der Waals surface area contributed by atoms with Gasteiger partial charge in [0, 0.05) is 13.2 Å². The predicted octanol–water partition coefficient (Wildman–Crippen LogP) is 3.18. The Labute approximate surface area is 141 Å². The zero-order valence-electron chi connectivity index (χ0n) is 13.5. The van der Waals surface area contributed by atoms with Crippen LogP contribution in [0, 0.1) is 5.82 Å². The van der Waals surface area contributed by atoms with Gasteiger partial charge in [0.05, 0.1) is 6.04 Å². The molecule has 0 spiro atoms. The molecule has 128 valence electrons. The van der Waals surface area contributed by atoms with E-state index in [0.717, 1.165) is 11.1 Å². The molecule has 0 heterocycles. The molecule has 24 heavy (non-hydrogen) atoms. The number of urea groups is 1. The van der Waals surface area contributed by atoms with Crippen LogP contribution in [-0.4, -0.2) is 24.3 Å². The third-order valence-electron chi connectivity index (χ3n) is 3.75. The summed E-state index contributed by atoms with van der Waals surface area (Å²) in [7, 11) is 0. The second-order valence-electron chi connectivity index (χ2n) is 5.61. The van der Waals surface area contributed by atoms with Crippen molar-refractivity contribution in [3.05, 3.63) is 71.5 Å². The molecule has 0 radical (unpaired) electrons. The van der Waals surface area contributed by atoms with Crippen molar-refractivity contribution in [3.8, 4) is 0 Å². The average molecular weight is 330 g/mol. The van der Waals surface area contributed by atoms with E-state index < -0.39 is 0 Å². The van der Waals surface area contributed by atoms with Gasteiger partial charge in [0.25, 0.3) is 0 Å². The van der Waals surface area contributed by atoms with E-state index in [9.17, 15) is 9.18 Å². The summed E-state index contributed by atoms with van der Waals surface area (Å²) in [6.07, 6.45) is 1.85. The number of halogens is 1. The molecule has 2 aromatic carbocycles. The Hall–Kier alpha value is -2.40. The maximum atomic E-state index is 13.1. The molecule has 2 aromatic rings. The molecular formula is C19H23FN2O2. The van der Waals surface area contributed by atoms with Crippen molar-refractivity contribution >= 4 is 6.03 Å². The summed E-state index contributed by atoms with van der Waals surface area (Å²) < 4.78 is 13.1. The van der Waals surface area contributed by atoms with Crippen LogP contribution in [0.5, 0.6) is 0 Å². The van der Waals surface area contributed by atoms with Crippen LogP contribution in [-0.2, 0) is 6.42 Å². The number of amides is 2. The fourth-order valence-electron chi connectivity index (χ4n) is 2.53. The molecular weight excluding hydrogens is 307 g/mol. The van der Waals surface area contributed by atoms with Crippen LogP contribution in [0.1, 0.15) is 30.0 Å². The molecule has 1 atom stereocenters. The van der Waals surface area contributed by atoms with Gasteiger partial charge in [-0.1, -0.05) is 42.5 Å². The minimum absolute atomic E-state index is 0.0895. The average Bonchev–Trinajstić information content (AvgIpc) is 2.59. The number of carbonyl (C=O) groups is 1. The highest BCUT2D eigenvalue weighted by Gasteiger charge is 2.13. The van der Waals surface area contributed by atoms with Crippen molar-refractivity contribution in [2.45, 2.75) is 25.3 Å². The molecule has 4 nitrogen and oxygen atoms in total. The van der Waals surface area contributed by atoms with Gasteiger partial charge in [0.15, 0.2) is 0 Å². The highest BCUT2D eigenvalue weighted by Crippen LogP contribution is 2.17. The number of aliphatic hydroxyl groups is 1. The van der Waals surface area contributed by atoms with Crippen LogP contribution < -0.4 is 10.6 Å². The lowest BCUT2D eigenvalue weighted by atomic mass is 10.0. The summed E-state index contributed by atoms with van der Waals surface area (Å²) in [6, 6.07) is 15.6. The van der Waals surface area contributed by atoms with E-state index in [1.54, 1.807) is 6.07 Å². The third-order valence-corrected chi connectivity index (χ3v) is 3.75. The van der Waals surface area contributed by atoms with Gasteiger partial charge in [-0.15, -0.1) is 0 Å². The van der Waals surface area contributed by atoms with Gasteiger partial charge >= 0.3 is 6.03 Å². The number of carbonyl (C=O) groups excluding carboxylic acids is 1. The molecule has 3 N–H and O–H groups in total. The first-order chi connectivity index (χ1) is 11.7. The van der Waals surface area contributed by atoms with E-state index in [2.05, 4.69) is 10.6 Å². The van der Waals surface area contributed by atoms with E-state index >= 15 is 0 Å². The van der Waals surface area contributed by atoms with Crippen LogP contribution in [0.4, 0.5) is 9.18 Å². The van der Waals surface area contributed by atoms with Crippen LogP contribution >= 0.6 is 0 Å². The Morgan fingerprint density at radius 3 is 2.62 bits per heavy atom. The lowest BCUT2D eigenvalue weighted by Gasteiger charge is -2.19. The molecule has 0 bridgehead atoms. The zero-order chi connectivity index (χ0) is 17.2. The van der Waals surface area contributed by atoms with E-state index in [1.807, 2.05) is 36.4 Å². The van der Waals surface area contributed by atoms with Gasteiger partial charge in [-0.25, -0.2) is 9.18 Å². The normalized spacial score (nSPS) is 11.8. The summed E-state index contributed by atoms with van der Waals surface area (Å²) in [5, 5.41) is 14.7. The van der Waals surface area contributed by atoms with Gasteiger partial charge < -0.3 is 15.7 Å². The van der Waals surface area contributed by atoms with Crippen LogP contribution in [0.3, 0.4) is 0 Å². The van der Waals surface area contributed by atoms with E-state index in [0.29, 0.717) is 25.8 Å². The lowest BCUT2D eigenvalue weighted by molar-refractivity contribution is 0.233. The molecule has 0 aliphatic carbocycles. The Balaban J connectivity index is 1.83. The minimum atomic E-state index is -0.273. The van der Waals surface area contributed by atoms with E-state index in [1.165, 1.54) is 12.1 Å². The fourth-order valence-corrected chi connectivity index (χ4v) is 2.53. The maximum Gasteiger partial charge on any atom is 0.315 e. The first-order valence-electron chi connectivity index (χ1n) is 8.13. The molecule has 0 aromatic heterocycles. The number of rotatable bonds is 8. The summed E-state index contributed by atoms with van der Waals surface area (Å²) in [4.78, 5) is 12.1. The minimum Gasteiger partial charge on any atom is -0.396 e. The Morgan fingerprint density at radius 2 is 1.92 bits per heavy atom. The van der Waals surface area contributed by atoms with Crippen molar-refractivity contribution in [1.82, 2.24) is 10.6 Å². The van der Waals surface area contributed by atoms with Crippen molar-refractivity contribution in [2.24, 2.45) is 0 Å². The molecule has 0 saturated carbocycles. The number of hydrogen-bond acceptors (Lipinski definition) is 2. The quantitative estimate of drug-likeness (QED) is 0.696. The molecule has 0 saturated heterocycles. The van der Waals surface area contributed by atoms with Crippen LogP contribution in [0.25, 0.3) is 0 Å².